The van der Waals surface area contributed by atoms with Crippen molar-refractivity contribution in [3.63, 3.8) is 0 Å². The second kappa shape index (κ2) is 15.4. The molecular formula is C31H38N4O5. The third kappa shape index (κ3) is 9.81. The Bertz CT molecular complexity index is 1290. The van der Waals surface area contributed by atoms with Crippen molar-refractivity contribution in [2.45, 2.75) is 52.2 Å². The lowest BCUT2D eigenvalue weighted by Gasteiger charge is -2.24. The minimum atomic E-state index is -0.918. The van der Waals surface area contributed by atoms with E-state index in [1.165, 1.54) is 0 Å². The molecule has 0 saturated carbocycles. The van der Waals surface area contributed by atoms with Gasteiger partial charge < -0.3 is 16.4 Å². The monoisotopic (exact) mass is 546 g/mol. The molecule has 3 rings (SSSR count). The number of carbonyl (C=O) groups is 4. The number of carbonyl (C=O) groups excluding carboxylic acids is 4. The van der Waals surface area contributed by atoms with Gasteiger partial charge in [-0.25, -0.2) is 5.48 Å². The van der Waals surface area contributed by atoms with Crippen molar-refractivity contribution in [3.8, 4) is 0 Å². The van der Waals surface area contributed by atoms with E-state index in [-0.39, 0.29) is 38.3 Å². The molecule has 40 heavy (non-hydrogen) atoms. The van der Waals surface area contributed by atoms with Crippen LogP contribution in [0.1, 0.15) is 44.2 Å². The number of hydroxylamine groups is 1. The number of benzene rings is 3. The van der Waals surface area contributed by atoms with Crippen LogP contribution in [-0.2, 0) is 37.0 Å². The lowest BCUT2D eigenvalue weighted by molar-refractivity contribution is -0.139. The highest BCUT2D eigenvalue weighted by atomic mass is 16.6. The van der Waals surface area contributed by atoms with E-state index in [0.717, 1.165) is 21.9 Å². The van der Waals surface area contributed by atoms with E-state index >= 15 is 0 Å². The fourth-order valence-electron chi connectivity index (χ4n) is 4.51. The van der Waals surface area contributed by atoms with Crippen molar-refractivity contribution in [1.82, 2.24) is 16.1 Å². The maximum Gasteiger partial charge on any atom is 0.244 e. The second-order valence-electron chi connectivity index (χ2n) is 10.2. The number of hydrogen-bond acceptors (Lipinski definition) is 5. The van der Waals surface area contributed by atoms with Crippen LogP contribution >= 0.6 is 0 Å². The first-order chi connectivity index (χ1) is 19.2. The smallest absolute Gasteiger partial charge is 0.244 e. The third-order valence-electron chi connectivity index (χ3n) is 6.43. The Kier molecular flexibility index (Phi) is 11.6. The summed E-state index contributed by atoms with van der Waals surface area (Å²) in [6.45, 7) is 4.20. The molecule has 9 nitrogen and oxygen atoms in total. The van der Waals surface area contributed by atoms with Crippen LogP contribution in [0.3, 0.4) is 0 Å². The van der Waals surface area contributed by atoms with Crippen molar-refractivity contribution in [1.29, 1.82) is 0 Å². The number of nitrogens with two attached hydrogens (primary N) is 1. The van der Waals surface area contributed by atoms with Crippen molar-refractivity contribution < 1.29 is 24.0 Å². The van der Waals surface area contributed by atoms with Gasteiger partial charge in [0.25, 0.3) is 0 Å². The summed E-state index contributed by atoms with van der Waals surface area (Å²) in [6.07, 6.45) is 0.571. The fraction of sp³-hybridized carbons (Fsp3) is 0.355. The zero-order chi connectivity index (χ0) is 28.9. The molecule has 9 heteroatoms. The molecule has 0 aliphatic heterocycles. The van der Waals surface area contributed by atoms with Crippen molar-refractivity contribution in [3.05, 3.63) is 83.9 Å². The fourth-order valence-corrected chi connectivity index (χ4v) is 4.51. The van der Waals surface area contributed by atoms with Gasteiger partial charge in [-0.1, -0.05) is 86.6 Å². The molecule has 0 radical (unpaired) electrons. The summed E-state index contributed by atoms with van der Waals surface area (Å²) < 4.78 is 0. The molecule has 0 spiro atoms. The van der Waals surface area contributed by atoms with Gasteiger partial charge in [0, 0.05) is 31.7 Å². The average molecular weight is 547 g/mol. The van der Waals surface area contributed by atoms with Gasteiger partial charge in [-0.15, -0.1) is 0 Å². The van der Waals surface area contributed by atoms with Gasteiger partial charge in [-0.3, -0.25) is 24.0 Å². The van der Waals surface area contributed by atoms with E-state index < -0.39 is 35.6 Å². The van der Waals surface area contributed by atoms with Crippen molar-refractivity contribution in [2.75, 3.05) is 6.54 Å². The Morgan fingerprint density at radius 1 is 0.875 bits per heavy atom. The molecule has 0 aliphatic rings. The summed E-state index contributed by atoms with van der Waals surface area (Å²) in [5.74, 6) is -2.33. The van der Waals surface area contributed by atoms with Gasteiger partial charge in [-0.05, 0) is 34.2 Å². The average Bonchev–Trinajstić information content (AvgIpc) is 2.92. The van der Waals surface area contributed by atoms with Gasteiger partial charge >= 0.3 is 0 Å². The summed E-state index contributed by atoms with van der Waals surface area (Å²) in [7, 11) is 0. The highest BCUT2D eigenvalue weighted by molar-refractivity contribution is 5.92. The molecular weight excluding hydrogens is 508 g/mol. The molecule has 3 aromatic rings. The summed E-state index contributed by atoms with van der Waals surface area (Å²) >= 11 is 0. The predicted molar refractivity (Wildman–Crippen MR) is 153 cm³/mol. The van der Waals surface area contributed by atoms with E-state index in [1.807, 2.05) is 86.6 Å². The zero-order valence-corrected chi connectivity index (χ0v) is 23.0. The quantitative estimate of drug-likeness (QED) is 0.217. The van der Waals surface area contributed by atoms with Crippen LogP contribution in [0.2, 0.25) is 0 Å². The minimum Gasteiger partial charge on any atom is -0.370 e. The SMILES string of the molecule is CC(C)C[C@H](CC(=O)NOCc1ccccc1)C(=O)N[C@@H](Cc1cccc2ccccc12)C(=O)NCCC(N)=O. The lowest BCUT2D eigenvalue weighted by atomic mass is 9.92. The van der Waals surface area contributed by atoms with E-state index in [9.17, 15) is 19.2 Å². The molecule has 0 heterocycles. The minimum absolute atomic E-state index is 0.0141. The highest BCUT2D eigenvalue weighted by Crippen LogP contribution is 2.21. The van der Waals surface area contributed by atoms with E-state index in [0.29, 0.717) is 6.42 Å². The maximum atomic E-state index is 13.5. The first-order valence-corrected chi connectivity index (χ1v) is 13.5. The van der Waals surface area contributed by atoms with Gasteiger partial charge in [0.05, 0.1) is 6.61 Å². The van der Waals surface area contributed by atoms with Crippen LogP contribution in [0.15, 0.2) is 72.8 Å². The van der Waals surface area contributed by atoms with E-state index in [4.69, 9.17) is 10.6 Å². The van der Waals surface area contributed by atoms with Crippen LogP contribution in [0.5, 0.6) is 0 Å². The van der Waals surface area contributed by atoms with Gasteiger partial charge in [0.2, 0.25) is 23.6 Å². The zero-order valence-electron chi connectivity index (χ0n) is 23.0. The lowest BCUT2D eigenvalue weighted by Crippen LogP contribution is -2.50. The normalized spacial score (nSPS) is 12.5. The molecule has 5 N–H and O–H groups in total. The van der Waals surface area contributed by atoms with Crippen LogP contribution in [0, 0.1) is 11.8 Å². The number of hydrogen-bond donors (Lipinski definition) is 4. The first-order valence-electron chi connectivity index (χ1n) is 13.5. The van der Waals surface area contributed by atoms with Gasteiger partial charge in [0.1, 0.15) is 6.04 Å². The Morgan fingerprint density at radius 2 is 1.57 bits per heavy atom. The van der Waals surface area contributed by atoms with Gasteiger partial charge in [0.15, 0.2) is 0 Å². The molecule has 212 valence electrons. The Balaban J connectivity index is 1.71. The largest absolute Gasteiger partial charge is 0.370 e. The van der Waals surface area contributed by atoms with Crippen molar-refractivity contribution in [2.24, 2.45) is 17.6 Å². The topological polar surface area (TPSA) is 140 Å². The summed E-state index contributed by atoms with van der Waals surface area (Å²) in [6, 6.07) is 22.1. The highest BCUT2D eigenvalue weighted by Gasteiger charge is 2.28. The summed E-state index contributed by atoms with van der Waals surface area (Å²) in [5.41, 5.74) is 9.43. The van der Waals surface area contributed by atoms with Gasteiger partial charge in [-0.2, -0.15) is 0 Å². The Hall–Kier alpha value is -4.24. The molecule has 0 aromatic heterocycles. The Labute approximate surface area is 234 Å². The number of amides is 4. The first kappa shape index (κ1) is 30.3. The number of primary amides is 1. The van der Waals surface area contributed by atoms with Crippen LogP contribution in [-0.4, -0.2) is 36.2 Å². The van der Waals surface area contributed by atoms with E-state index in [1.54, 1.807) is 0 Å². The molecule has 0 saturated heterocycles. The summed E-state index contributed by atoms with van der Waals surface area (Å²) in [4.78, 5) is 55.8. The third-order valence-corrected chi connectivity index (χ3v) is 6.43. The Morgan fingerprint density at radius 3 is 2.30 bits per heavy atom. The molecule has 4 amide bonds. The molecule has 0 fully saturated rings. The summed E-state index contributed by atoms with van der Waals surface area (Å²) in [5, 5.41) is 7.56. The molecule has 3 aromatic carbocycles. The molecule has 2 atom stereocenters. The standard InChI is InChI=1S/C31H38N4O5/c1-21(2)17-25(19-29(37)35-40-20-22-9-4-3-5-10-22)30(38)34-27(31(39)33-16-15-28(32)36)18-24-13-8-12-23-11-6-7-14-26(23)24/h3-14,21,25,27H,15-20H2,1-2H3,(H2,32,36)(H,33,39)(H,34,38)(H,35,37)/t25-,27+/m1/s1. The van der Waals surface area contributed by atoms with E-state index in [2.05, 4.69) is 16.1 Å². The van der Waals surface area contributed by atoms with Crippen LogP contribution in [0.4, 0.5) is 0 Å². The van der Waals surface area contributed by atoms with Crippen LogP contribution in [0.25, 0.3) is 10.8 Å². The predicted octanol–water partition coefficient (Wildman–Crippen LogP) is 3.16. The maximum absolute atomic E-state index is 13.5. The molecule has 0 bridgehead atoms. The second-order valence-corrected chi connectivity index (χ2v) is 10.2. The van der Waals surface area contributed by atoms with Crippen molar-refractivity contribution >= 4 is 34.4 Å². The molecule has 0 unspecified atom stereocenters. The molecule has 0 aliphatic carbocycles. The number of fused-ring (bicyclic) bond motifs is 1. The number of rotatable bonds is 15. The number of nitrogens with one attached hydrogen (secondary N) is 3. The van der Waals surface area contributed by atoms with Crippen LogP contribution < -0.4 is 21.8 Å².